The van der Waals surface area contributed by atoms with Gasteiger partial charge in [-0.15, -0.1) is 0 Å². The predicted molar refractivity (Wildman–Crippen MR) is 82.2 cm³/mol. The second-order valence-electron chi connectivity index (χ2n) is 5.41. The molecule has 3 nitrogen and oxygen atoms in total. The van der Waals surface area contributed by atoms with E-state index in [4.69, 9.17) is 0 Å². The van der Waals surface area contributed by atoms with Crippen LogP contribution >= 0.6 is 0 Å². The van der Waals surface area contributed by atoms with Crippen LogP contribution in [-0.4, -0.2) is 26.4 Å². The first-order valence-corrected chi connectivity index (χ1v) is 8.85. The van der Waals surface area contributed by atoms with Crippen LogP contribution in [0.3, 0.4) is 0 Å². The Bertz CT molecular complexity index is 567. The molecule has 0 bridgehead atoms. The van der Waals surface area contributed by atoms with Crippen LogP contribution in [0.5, 0.6) is 0 Å². The molecule has 0 saturated carbocycles. The van der Waals surface area contributed by atoms with Crippen molar-refractivity contribution in [3.8, 4) is 0 Å². The van der Waals surface area contributed by atoms with Crippen molar-refractivity contribution >= 4 is 9.84 Å². The molecule has 0 amide bonds. The van der Waals surface area contributed by atoms with Crippen LogP contribution < -0.4 is 0 Å². The molecule has 0 atom stereocenters. The monoisotopic (exact) mass is 293 g/mol. The third kappa shape index (κ3) is 3.63. The van der Waals surface area contributed by atoms with Gasteiger partial charge in [-0.3, -0.25) is 0 Å². The Morgan fingerprint density at radius 2 is 1.80 bits per heavy atom. The minimum absolute atomic E-state index is 0.385. The molecule has 1 saturated heterocycles. The lowest BCUT2D eigenvalue weighted by Crippen LogP contribution is -2.19. The zero-order valence-corrected chi connectivity index (χ0v) is 13.1. The molecule has 0 spiro atoms. The van der Waals surface area contributed by atoms with Gasteiger partial charge in [0.05, 0.1) is 10.3 Å². The Kier molecular flexibility index (Phi) is 4.86. The Morgan fingerprint density at radius 3 is 2.35 bits per heavy atom. The first-order chi connectivity index (χ1) is 9.53. The molecule has 110 valence electrons. The number of nitrogens with zero attached hydrogens (tertiary/aromatic N) is 1. The summed E-state index contributed by atoms with van der Waals surface area (Å²) in [7, 11) is -3.34. The summed E-state index contributed by atoms with van der Waals surface area (Å²) in [6.45, 7) is 6.01. The SMILES string of the molecule is CCC/C(=C\S(=O)(=O)c1ccc(C)cc1)N1CCCC1. The Labute approximate surface area is 122 Å². The van der Waals surface area contributed by atoms with Gasteiger partial charge < -0.3 is 4.90 Å². The van der Waals surface area contributed by atoms with E-state index in [1.54, 1.807) is 12.1 Å². The summed E-state index contributed by atoms with van der Waals surface area (Å²) >= 11 is 0. The Hall–Kier alpha value is -1.29. The van der Waals surface area contributed by atoms with Gasteiger partial charge in [-0.2, -0.15) is 0 Å². The van der Waals surface area contributed by atoms with Crippen LogP contribution in [0.15, 0.2) is 40.3 Å². The molecule has 1 aliphatic heterocycles. The minimum Gasteiger partial charge on any atom is -0.374 e. The van der Waals surface area contributed by atoms with Crippen LogP contribution in [0.1, 0.15) is 38.2 Å². The van der Waals surface area contributed by atoms with E-state index in [-0.39, 0.29) is 0 Å². The summed E-state index contributed by atoms with van der Waals surface area (Å²) < 4.78 is 25.0. The fraction of sp³-hybridized carbons (Fsp3) is 0.500. The second-order valence-corrected chi connectivity index (χ2v) is 7.21. The molecule has 1 aromatic rings. The normalized spacial score (nSPS) is 16.7. The maximum absolute atomic E-state index is 12.5. The van der Waals surface area contributed by atoms with Crippen molar-refractivity contribution in [3.05, 3.63) is 40.9 Å². The standard InChI is InChI=1S/C16H23NO2S/c1-3-6-15(17-11-4-5-12-17)13-20(18,19)16-9-7-14(2)8-10-16/h7-10,13H,3-6,11-12H2,1-2H3/b15-13+. The lowest BCUT2D eigenvalue weighted by atomic mass is 10.2. The molecule has 0 unspecified atom stereocenters. The second kappa shape index (κ2) is 6.44. The average molecular weight is 293 g/mol. The van der Waals surface area contributed by atoms with Crippen molar-refractivity contribution in [1.29, 1.82) is 0 Å². The van der Waals surface area contributed by atoms with Crippen molar-refractivity contribution in [2.24, 2.45) is 0 Å². The highest BCUT2D eigenvalue weighted by Crippen LogP contribution is 2.22. The molecule has 1 aromatic carbocycles. The van der Waals surface area contributed by atoms with Crippen LogP contribution in [0, 0.1) is 6.92 Å². The van der Waals surface area contributed by atoms with E-state index in [9.17, 15) is 8.42 Å². The molecule has 2 rings (SSSR count). The van der Waals surface area contributed by atoms with Crippen molar-refractivity contribution in [2.45, 2.75) is 44.4 Å². The van der Waals surface area contributed by atoms with Gasteiger partial charge in [-0.05, 0) is 38.3 Å². The van der Waals surface area contributed by atoms with E-state index in [0.29, 0.717) is 4.90 Å². The van der Waals surface area contributed by atoms with Crippen molar-refractivity contribution in [1.82, 2.24) is 4.90 Å². The van der Waals surface area contributed by atoms with Crippen molar-refractivity contribution in [2.75, 3.05) is 13.1 Å². The van der Waals surface area contributed by atoms with E-state index >= 15 is 0 Å². The van der Waals surface area contributed by atoms with Crippen molar-refractivity contribution in [3.63, 3.8) is 0 Å². The topological polar surface area (TPSA) is 37.4 Å². The lowest BCUT2D eigenvalue weighted by molar-refractivity contribution is 0.408. The molecule has 1 fully saturated rings. The van der Waals surface area contributed by atoms with Gasteiger partial charge >= 0.3 is 0 Å². The highest BCUT2D eigenvalue weighted by atomic mass is 32.2. The molecule has 0 N–H and O–H groups in total. The largest absolute Gasteiger partial charge is 0.374 e. The van der Waals surface area contributed by atoms with Crippen molar-refractivity contribution < 1.29 is 8.42 Å². The van der Waals surface area contributed by atoms with Gasteiger partial charge in [0.1, 0.15) is 0 Å². The van der Waals surface area contributed by atoms with Gasteiger partial charge in [-0.25, -0.2) is 8.42 Å². The first kappa shape index (κ1) is 15.1. The molecule has 4 heteroatoms. The molecular weight excluding hydrogens is 270 g/mol. The smallest absolute Gasteiger partial charge is 0.201 e. The molecule has 0 aromatic heterocycles. The first-order valence-electron chi connectivity index (χ1n) is 7.30. The highest BCUT2D eigenvalue weighted by Gasteiger charge is 2.18. The quantitative estimate of drug-likeness (QED) is 0.833. The van der Waals surface area contributed by atoms with E-state index in [1.165, 1.54) is 5.41 Å². The predicted octanol–water partition coefficient (Wildman–Crippen LogP) is 3.51. The van der Waals surface area contributed by atoms with Gasteiger partial charge in [0.2, 0.25) is 9.84 Å². The number of sulfone groups is 1. The summed E-state index contributed by atoms with van der Waals surface area (Å²) in [6, 6.07) is 7.07. The number of benzene rings is 1. The van der Waals surface area contributed by atoms with E-state index in [2.05, 4.69) is 11.8 Å². The van der Waals surface area contributed by atoms with E-state index in [1.807, 2.05) is 19.1 Å². The number of aryl methyl sites for hydroxylation is 1. The number of likely N-dealkylation sites (tertiary alicyclic amines) is 1. The summed E-state index contributed by atoms with van der Waals surface area (Å²) in [6.07, 6.45) is 4.11. The molecular formula is C16H23NO2S. The van der Waals surface area contributed by atoms with Crippen LogP contribution in [-0.2, 0) is 9.84 Å². The maximum atomic E-state index is 12.5. The zero-order valence-electron chi connectivity index (χ0n) is 12.3. The fourth-order valence-electron chi connectivity index (χ4n) is 2.53. The number of allylic oxidation sites excluding steroid dienone is 1. The van der Waals surface area contributed by atoms with Crippen LogP contribution in [0.4, 0.5) is 0 Å². The van der Waals surface area contributed by atoms with Gasteiger partial charge in [0.15, 0.2) is 0 Å². The highest BCUT2D eigenvalue weighted by molar-refractivity contribution is 7.94. The minimum atomic E-state index is -3.34. The number of rotatable bonds is 5. The van der Waals surface area contributed by atoms with E-state index < -0.39 is 9.84 Å². The van der Waals surface area contributed by atoms with Gasteiger partial charge in [0.25, 0.3) is 0 Å². The molecule has 1 aliphatic rings. The van der Waals surface area contributed by atoms with E-state index in [0.717, 1.165) is 50.0 Å². The molecule has 0 aliphatic carbocycles. The fourth-order valence-corrected chi connectivity index (χ4v) is 3.80. The summed E-state index contributed by atoms with van der Waals surface area (Å²) in [4.78, 5) is 2.60. The maximum Gasteiger partial charge on any atom is 0.201 e. The molecule has 1 heterocycles. The number of hydrogen-bond donors (Lipinski definition) is 0. The summed E-state index contributed by atoms with van der Waals surface area (Å²) in [5.41, 5.74) is 2.03. The van der Waals surface area contributed by atoms with Gasteiger partial charge in [0, 0.05) is 18.8 Å². The third-order valence-corrected chi connectivity index (χ3v) is 5.17. The zero-order chi connectivity index (χ0) is 14.6. The summed E-state index contributed by atoms with van der Waals surface area (Å²) in [5, 5.41) is 1.48. The molecule has 20 heavy (non-hydrogen) atoms. The van der Waals surface area contributed by atoms with Crippen LogP contribution in [0.25, 0.3) is 0 Å². The summed E-state index contributed by atoms with van der Waals surface area (Å²) in [5.74, 6) is 0. The Balaban J connectivity index is 2.30. The average Bonchev–Trinajstić information content (AvgIpc) is 2.92. The lowest BCUT2D eigenvalue weighted by Gasteiger charge is -2.21. The number of hydrogen-bond acceptors (Lipinski definition) is 3. The Morgan fingerprint density at radius 1 is 1.20 bits per heavy atom. The van der Waals surface area contributed by atoms with Gasteiger partial charge in [-0.1, -0.05) is 31.0 Å². The molecule has 0 radical (unpaired) electrons. The van der Waals surface area contributed by atoms with Crippen LogP contribution in [0.2, 0.25) is 0 Å². The third-order valence-electron chi connectivity index (χ3n) is 3.66.